The summed E-state index contributed by atoms with van der Waals surface area (Å²) in [5.74, 6) is 2.89. The summed E-state index contributed by atoms with van der Waals surface area (Å²) in [5, 5.41) is 2.12. The van der Waals surface area contributed by atoms with Crippen molar-refractivity contribution < 1.29 is 14.3 Å². The Hall–Kier alpha value is -1.85. The van der Waals surface area contributed by atoms with Crippen LogP contribution in [0.3, 0.4) is 0 Å². The molecule has 1 aliphatic heterocycles. The molecule has 2 saturated carbocycles. The zero-order valence-electron chi connectivity index (χ0n) is 19.1. The van der Waals surface area contributed by atoms with Crippen LogP contribution in [0.25, 0.3) is 0 Å². The van der Waals surface area contributed by atoms with Crippen LogP contribution in [0.15, 0.2) is 29.6 Å². The maximum Gasteiger partial charge on any atom is 0.415 e. The SMILES string of the molecule is COC1CCC2C3CCc4cc(OC(=O)N5CCc6sccc6C5)ccc4C3CCC12C. The van der Waals surface area contributed by atoms with Crippen molar-refractivity contribution in [2.45, 2.75) is 70.4 Å². The van der Waals surface area contributed by atoms with Crippen LogP contribution in [-0.2, 0) is 24.1 Å². The van der Waals surface area contributed by atoms with E-state index < -0.39 is 0 Å². The lowest BCUT2D eigenvalue weighted by atomic mass is 9.55. The highest BCUT2D eigenvalue weighted by molar-refractivity contribution is 7.10. The molecule has 5 heteroatoms. The predicted octanol–water partition coefficient (Wildman–Crippen LogP) is 6.18. The number of amides is 1. The van der Waals surface area contributed by atoms with E-state index in [1.165, 1.54) is 53.7 Å². The van der Waals surface area contributed by atoms with Crippen LogP contribution in [0.4, 0.5) is 4.79 Å². The van der Waals surface area contributed by atoms with E-state index in [2.05, 4.69) is 30.5 Å². The molecule has 4 aliphatic rings. The summed E-state index contributed by atoms with van der Waals surface area (Å²) < 4.78 is 11.7. The molecular formula is C27H33NO3S. The fraction of sp³-hybridized carbons (Fsp3) is 0.593. The van der Waals surface area contributed by atoms with Gasteiger partial charge in [0.1, 0.15) is 5.75 Å². The summed E-state index contributed by atoms with van der Waals surface area (Å²) in [6.45, 7) is 3.88. The van der Waals surface area contributed by atoms with Gasteiger partial charge in [0.05, 0.1) is 12.6 Å². The third kappa shape index (κ3) is 3.23. The maximum atomic E-state index is 12.8. The first-order valence-corrected chi connectivity index (χ1v) is 13.1. The van der Waals surface area contributed by atoms with Gasteiger partial charge in [-0.1, -0.05) is 13.0 Å². The number of thiophene rings is 1. The van der Waals surface area contributed by atoms with Gasteiger partial charge in [-0.3, -0.25) is 0 Å². The second-order valence-electron chi connectivity index (χ2n) is 10.5. The third-order valence-corrected chi connectivity index (χ3v) is 10.2. The molecule has 6 rings (SSSR count). The van der Waals surface area contributed by atoms with Crippen LogP contribution in [0.2, 0.25) is 0 Å². The third-order valence-electron chi connectivity index (χ3n) is 9.17. The molecule has 32 heavy (non-hydrogen) atoms. The van der Waals surface area contributed by atoms with Crippen LogP contribution in [0, 0.1) is 17.3 Å². The summed E-state index contributed by atoms with van der Waals surface area (Å²) in [6.07, 6.45) is 8.51. The van der Waals surface area contributed by atoms with E-state index in [9.17, 15) is 4.79 Å². The van der Waals surface area contributed by atoms with E-state index in [1.54, 1.807) is 11.3 Å². The van der Waals surface area contributed by atoms with Crippen LogP contribution >= 0.6 is 11.3 Å². The van der Waals surface area contributed by atoms with Crippen molar-refractivity contribution in [2.75, 3.05) is 13.7 Å². The Bertz CT molecular complexity index is 1030. The molecule has 3 aliphatic carbocycles. The largest absolute Gasteiger partial charge is 0.415 e. The molecule has 5 unspecified atom stereocenters. The number of nitrogens with zero attached hydrogens (tertiary/aromatic N) is 1. The fourth-order valence-corrected chi connectivity index (χ4v) is 8.42. The molecule has 170 valence electrons. The Balaban J connectivity index is 1.17. The molecule has 2 heterocycles. The highest BCUT2D eigenvalue weighted by Gasteiger charge is 2.55. The number of benzene rings is 1. The number of carbonyl (C=O) groups is 1. The quantitative estimate of drug-likeness (QED) is 0.548. The number of ether oxygens (including phenoxy) is 2. The van der Waals surface area contributed by atoms with Gasteiger partial charge in [-0.25, -0.2) is 4.79 Å². The molecule has 2 fully saturated rings. The second-order valence-corrected chi connectivity index (χ2v) is 11.5. The molecule has 1 amide bonds. The average molecular weight is 452 g/mol. The summed E-state index contributed by atoms with van der Waals surface area (Å²) >= 11 is 1.79. The van der Waals surface area contributed by atoms with Gasteiger partial charge in [0, 0.05) is 18.5 Å². The van der Waals surface area contributed by atoms with E-state index in [0.29, 0.717) is 29.7 Å². The summed E-state index contributed by atoms with van der Waals surface area (Å²) in [6, 6.07) is 8.56. The van der Waals surface area contributed by atoms with Gasteiger partial charge < -0.3 is 14.4 Å². The zero-order valence-corrected chi connectivity index (χ0v) is 20.0. The Morgan fingerprint density at radius 1 is 1.12 bits per heavy atom. The maximum absolute atomic E-state index is 12.8. The highest BCUT2D eigenvalue weighted by atomic mass is 32.1. The first-order chi connectivity index (χ1) is 15.6. The first kappa shape index (κ1) is 20.7. The van der Waals surface area contributed by atoms with Crippen molar-refractivity contribution in [1.29, 1.82) is 0 Å². The lowest BCUT2D eigenvalue weighted by molar-refractivity contribution is -0.0444. The molecule has 0 radical (unpaired) electrons. The van der Waals surface area contributed by atoms with Gasteiger partial charge in [-0.2, -0.15) is 0 Å². The topological polar surface area (TPSA) is 38.8 Å². The van der Waals surface area contributed by atoms with Crippen LogP contribution in [0.1, 0.15) is 66.5 Å². The minimum absolute atomic E-state index is 0.222. The fourth-order valence-electron chi connectivity index (χ4n) is 7.53. The Kier molecular flexibility index (Phi) is 5.10. The molecular weight excluding hydrogens is 418 g/mol. The van der Waals surface area contributed by atoms with Gasteiger partial charge in [0.15, 0.2) is 0 Å². The van der Waals surface area contributed by atoms with Crippen LogP contribution < -0.4 is 4.74 Å². The smallest absolute Gasteiger partial charge is 0.410 e. The van der Waals surface area contributed by atoms with Crippen molar-refractivity contribution in [2.24, 2.45) is 17.3 Å². The molecule has 5 atom stereocenters. The second kappa shape index (κ2) is 7.88. The van der Waals surface area contributed by atoms with Gasteiger partial charge in [-0.05, 0) is 108 Å². The molecule has 0 bridgehead atoms. The number of fused-ring (bicyclic) bond motifs is 6. The van der Waals surface area contributed by atoms with Crippen molar-refractivity contribution >= 4 is 17.4 Å². The first-order valence-electron chi connectivity index (χ1n) is 12.2. The van der Waals surface area contributed by atoms with E-state index in [1.807, 2.05) is 18.1 Å². The number of hydrogen-bond acceptors (Lipinski definition) is 4. The summed E-state index contributed by atoms with van der Waals surface area (Å²) in [7, 11) is 1.90. The van der Waals surface area contributed by atoms with Gasteiger partial charge in [-0.15, -0.1) is 11.3 Å². The molecule has 0 N–H and O–H groups in total. The van der Waals surface area contributed by atoms with Gasteiger partial charge in [0.2, 0.25) is 0 Å². The predicted molar refractivity (Wildman–Crippen MR) is 126 cm³/mol. The molecule has 4 nitrogen and oxygen atoms in total. The molecule has 2 aromatic rings. The van der Waals surface area contributed by atoms with E-state index in [-0.39, 0.29) is 6.09 Å². The van der Waals surface area contributed by atoms with Crippen LogP contribution in [0.5, 0.6) is 5.75 Å². The number of aryl methyl sites for hydroxylation is 1. The van der Waals surface area contributed by atoms with Crippen molar-refractivity contribution in [1.82, 2.24) is 4.90 Å². The van der Waals surface area contributed by atoms with Crippen LogP contribution in [-0.4, -0.2) is 30.8 Å². The molecule has 1 aromatic carbocycles. The number of rotatable bonds is 2. The molecule has 1 aromatic heterocycles. The lowest BCUT2D eigenvalue weighted by Gasteiger charge is -2.50. The van der Waals surface area contributed by atoms with E-state index in [0.717, 1.165) is 31.2 Å². The van der Waals surface area contributed by atoms with Crippen molar-refractivity contribution in [3.05, 3.63) is 51.2 Å². The minimum atomic E-state index is -0.222. The Morgan fingerprint density at radius 2 is 2.03 bits per heavy atom. The minimum Gasteiger partial charge on any atom is -0.410 e. The molecule has 0 saturated heterocycles. The van der Waals surface area contributed by atoms with E-state index in [4.69, 9.17) is 9.47 Å². The number of hydrogen-bond donors (Lipinski definition) is 0. The van der Waals surface area contributed by atoms with E-state index >= 15 is 0 Å². The lowest BCUT2D eigenvalue weighted by Crippen LogP contribution is -2.44. The Morgan fingerprint density at radius 3 is 2.91 bits per heavy atom. The average Bonchev–Trinajstić information content (AvgIpc) is 3.41. The molecule has 0 spiro atoms. The normalized spacial score (nSPS) is 33.1. The summed E-state index contributed by atoms with van der Waals surface area (Å²) in [4.78, 5) is 16.0. The Labute approximate surface area is 194 Å². The monoisotopic (exact) mass is 451 g/mol. The highest BCUT2D eigenvalue weighted by Crippen LogP contribution is 2.61. The number of carbonyl (C=O) groups excluding carboxylic acids is 1. The standard InChI is InChI=1S/C27H33NO3S/c1-27-12-9-21-20-6-4-19(31-26(29)28-13-10-24-18(16-28)11-14-32-24)15-17(20)3-5-22(21)23(27)7-8-25(27)30-2/h4,6,11,14-15,21-23,25H,3,5,7-10,12-13,16H2,1-2H3. The zero-order chi connectivity index (χ0) is 21.9. The number of methoxy groups -OCH3 is 1. The summed E-state index contributed by atoms with van der Waals surface area (Å²) in [5.41, 5.74) is 4.51. The van der Waals surface area contributed by atoms with Crippen molar-refractivity contribution in [3.8, 4) is 5.75 Å². The van der Waals surface area contributed by atoms with Crippen molar-refractivity contribution in [3.63, 3.8) is 0 Å². The van der Waals surface area contributed by atoms with Gasteiger partial charge in [0.25, 0.3) is 0 Å². The van der Waals surface area contributed by atoms with Gasteiger partial charge >= 0.3 is 6.09 Å².